The zero-order valence-electron chi connectivity index (χ0n) is 21.8. The van der Waals surface area contributed by atoms with Crippen LogP contribution in [0.1, 0.15) is 117 Å². The normalized spacial score (nSPS) is 31.7. The summed E-state index contributed by atoms with van der Waals surface area (Å²) in [6, 6.07) is 0. The van der Waals surface area contributed by atoms with Gasteiger partial charge in [0.25, 0.3) is 0 Å². The van der Waals surface area contributed by atoms with Crippen molar-refractivity contribution < 1.29 is 28.6 Å². The Bertz CT molecular complexity index is 613. The van der Waals surface area contributed by atoms with Crippen LogP contribution in [0.25, 0.3) is 0 Å². The molecule has 0 heterocycles. The predicted molar refractivity (Wildman–Crippen MR) is 131 cm³/mol. The molecule has 6 heteroatoms. The van der Waals surface area contributed by atoms with Gasteiger partial charge in [-0.3, -0.25) is 14.4 Å². The molecule has 4 fully saturated rings. The van der Waals surface area contributed by atoms with E-state index in [0.717, 1.165) is 57.8 Å². The largest absolute Gasteiger partial charge is 0.375 e. The molecule has 0 spiro atoms. The van der Waals surface area contributed by atoms with Crippen LogP contribution in [-0.2, 0) is 28.6 Å². The molecule has 0 aromatic rings. The zero-order chi connectivity index (χ0) is 24.7. The summed E-state index contributed by atoms with van der Waals surface area (Å²) in [6.07, 6.45) is 11.5. The molecule has 0 atom stereocenters. The monoisotopic (exact) mass is 478 g/mol. The average Bonchev–Trinajstić information content (AvgIpc) is 2.81. The summed E-state index contributed by atoms with van der Waals surface area (Å²) in [7, 11) is 0. The molecule has 4 aliphatic carbocycles. The SMILES string of the molecule is CCC(=O)CCCOC12CC3CC(OCCCC(=O)CC)(C1)CC(OCCCC(=O)CC)(C3)C2. The van der Waals surface area contributed by atoms with Crippen molar-refractivity contribution in [3.63, 3.8) is 0 Å². The van der Waals surface area contributed by atoms with Crippen molar-refractivity contribution in [1.29, 1.82) is 0 Å². The third-order valence-corrected chi connectivity index (χ3v) is 8.12. The van der Waals surface area contributed by atoms with Gasteiger partial charge < -0.3 is 14.2 Å². The van der Waals surface area contributed by atoms with Gasteiger partial charge in [-0.05, 0) is 44.4 Å². The van der Waals surface area contributed by atoms with Crippen LogP contribution in [0, 0.1) is 5.92 Å². The fourth-order valence-electron chi connectivity index (χ4n) is 6.86. The van der Waals surface area contributed by atoms with Gasteiger partial charge in [-0.25, -0.2) is 0 Å². The second-order valence-corrected chi connectivity index (χ2v) is 11.1. The molecule has 0 saturated heterocycles. The molecule has 6 nitrogen and oxygen atoms in total. The third-order valence-electron chi connectivity index (χ3n) is 8.12. The van der Waals surface area contributed by atoms with Crippen LogP contribution in [0.3, 0.4) is 0 Å². The molecule has 0 amide bonds. The van der Waals surface area contributed by atoms with Gasteiger partial charge >= 0.3 is 0 Å². The van der Waals surface area contributed by atoms with Gasteiger partial charge in [-0.2, -0.15) is 0 Å². The van der Waals surface area contributed by atoms with Crippen LogP contribution < -0.4 is 0 Å². The Labute approximate surface area is 205 Å². The lowest BCUT2D eigenvalue weighted by Gasteiger charge is -2.65. The van der Waals surface area contributed by atoms with Crippen molar-refractivity contribution >= 4 is 17.3 Å². The second kappa shape index (κ2) is 12.2. The molecular weight excluding hydrogens is 432 g/mol. The van der Waals surface area contributed by atoms with E-state index in [9.17, 15) is 14.4 Å². The lowest BCUT2D eigenvalue weighted by atomic mass is 9.50. The lowest BCUT2D eigenvalue weighted by Crippen LogP contribution is -2.68. The van der Waals surface area contributed by atoms with Crippen molar-refractivity contribution in [3.05, 3.63) is 0 Å². The summed E-state index contributed by atoms with van der Waals surface area (Å²) in [6.45, 7) is 7.52. The number of Topliss-reactive ketones (excluding diaryl/α,β-unsaturated/α-hetero) is 3. The molecule has 0 unspecified atom stereocenters. The molecule has 4 aliphatic rings. The molecule has 0 N–H and O–H groups in total. The number of hydrogen-bond acceptors (Lipinski definition) is 6. The van der Waals surface area contributed by atoms with Gasteiger partial charge in [0.15, 0.2) is 0 Å². The number of carbonyl (C=O) groups excluding carboxylic acids is 3. The lowest BCUT2D eigenvalue weighted by molar-refractivity contribution is -0.291. The van der Waals surface area contributed by atoms with E-state index in [1.54, 1.807) is 0 Å². The van der Waals surface area contributed by atoms with E-state index in [0.29, 0.717) is 64.3 Å². The quantitative estimate of drug-likeness (QED) is 0.241. The van der Waals surface area contributed by atoms with Crippen LogP contribution in [-0.4, -0.2) is 54.0 Å². The van der Waals surface area contributed by atoms with Crippen LogP contribution in [0.15, 0.2) is 0 Å². The minimum atomic E-state index is -0.257. The highest BCUT2D eigenvalue weighted by atomic mass is 16.5. The van der Waals surface area contributed by atoms with Crippen molar-refractivity contribution in [2.24, 2.45) is 5.92 Å². The number of carbonyl (C=O) groups is 3. The van der Waals surface area contributed by atoms with Crippen LogP contribution in [0.5, 0.6) is 0 Å². The number of ether oxygens (including phenoxy) is 3. The molecule has 4 bridgehead atoms. The van der Waals surface area contributed by atoms with E-state index in [1.807, 2.05) is 20.8 Å². The fraction of sp³-hybridized carbons (Fsp3) is 0.893. The Morgan fingerprint density at radius 2 is 0.882 bits per heavy atom. The first-order chi connectivity index (χ1) is 16.3. The van der Waals surface area contributed by atoms with E-state index in [-0.39, 0.29) is 34.2 Å². The molecule has 4 saturated carbocycles. The van der Waals surface area contributed by atoms with Gasteiger partial charge in [0.1, 0.15) is 17.3 Å². The van der Waals surface area contributed by atoms with Gasteiger partial charge in [-0.1, -0.05) is 20.8 Å². The Kier molecular flexibility index (Phi) is 9.88. The highest BCUT2D eigenvalue weighted by Gasteiger charge is 2.65. The molecule has 194 valence electrons. The minimum Gasteiger partial charge on any atom is -0.375 e. The van der Waals surface area contributed by atoms with Crippen molar-refractivity contribution in [1.82, 2.24) is 0 Å². The predicted octanol–water partition coefficient (Wildman–Crippen LogP) is 5.53. The molecule has 0 radical (unpaired) electrons. The summed E-state index contributed by atoms with van der Waals surface area (Å²) in [5, 5.41) is 0. The standard InChI is InChI=1S/C28H46O6/c1-4-23(29)10-7-13-32-26-16-22-17-27(19-26,33-14-8-11-24(30)5-2)21-28(18-22,20-26)34-15-9-12-25(31)6-3/h22H,4-21H2,1-3H3. The van der Waals surface area contributed by atoms with Crippen molar-refractivity contribution in [2.45, 2.75) is 134 Å². The topological polar surface area (TPSA) is 78.9 Å². The van der Waals surface area contributed by atoms with Crippen molar-refractivity contribution in [3.8, 4) is 0 Å². The van der Waals surface area contributed by atoms with Gasteiger partial charge in [0.2, 0.25) is 0 Å². The number of hydrogen-bond donors (Lipinski definition) is 0. The summed E-state index contributed by atoms with van der Waals surface area (Å²) in [5.41, 5.74) is -0.770. The summed E-state index contributed by atoms with van der Waals surface area (Å²) in [5.74, 6) is 1.37. The van der Waals surface area contributed by atoms with Crippen molar-refractivity contribution in [2.75, 3.05) is 19.8 Å². The Morgan fingerprint density at radius 1 is 0.588 bits per heavy atom. The molecule has 0 aromatic carbocycles. The maximum Gasteiger partial charge on any atom is 0.132 e. The zero-order valence-corrected chi connectivity index (χ0v) is 21.8. The first-order valence-corrected chi connectivity index (χ1v) is 13.7. The van der Waals surface area contributed by atoms with Gasteiger partial charge in [0, 0.05) is 77.6 Å². The summed E-state index contributed by atoms with van der Waals surface area (Å²) >= 11 is 0. The van der Waals surface area contributed by atoms with Crippen LogP contribution in [0.2, 0.25) is 0 Å². The smallest absolute Gasteiger partial charge is 0.132 e. The first kappa shape index (κ1) is 27.5. The Morgan fingerprint density at radius 3 is 1.15 bits per heavy atom. The molecule has 0 aliphatic heterocycles. The molecule has 0 aromatic heterocycles. The summed E-state index contributed by atoms with van der Waals surface area (Å²) in [4.78, 5) is 35.2. The molecule has 4 rings (SSSR count). The number of ketones is 3. The molecular formula is C28H46O6. The van der Waals surface area contributed by atoms with Crippen LogP contribution in [0.4, 0.5) is 0 Å². The fourth-order valence-corrected chi connectivity index (χ4v) is 6.86. The highest BCUT2D eigenvalue weighted by Crippen LogP contribution is 2.63. The van der Waals surface area contributed by atoms with E-state index < -0.39 is 0 Å². The first-order valence-electron chi connectivity index (χ1n) is 13.7. The van der Waals surface area contributed by atoms with E-state index in [2.05, 4.69) is 0 Å². The average molecular weight is 479 g/mol. The summed E-state index contributed by atoms with van der Waals surface area (Å²) < 4.78 is 19.8. The highest BCUT2D eigenvalue weighted by molar-refractivity contribution is 5.78. The minimum absolute atomic E-state index is 0.257. The maximum atomic E-state index is 11.7. The van der Waals surface area contributed by atoms with Crippen LogP contribution >= 0.6 is 0 Å². The Balaban J connectivity index is 1.64. The molecule has 34 heavy (non-hydrogen) atoms. The number of rotatable bonds is 18. The van der Waals surface area contributed by atoms with E-state index in [4.69, 9.17) is 14.2 Å². The Hall–Kier alpha value is -1.11. The van der Waals surface area contributed by atoms with E-state index in [1.165, 1.54) is 0 Å². The third kappa shape index (κ3) is 7.20. The second-order valence-electron chi connectivity index (χ2n) is 11.1. The van der Waals surface area contributed by atoms with Gasteiger partial charge in [0.05, 0.1) is 16.8 Å². The maximum absolute atomic E-state index is 11.7. The van der Waals surface area contributed by atoms with E-state index >= 15 is 0 Å². The van der Waals surface area contributed by atoms with Gasteiger partial charge in [-0.15, -0.1) is 0 Å².